The lowest BCUT2D eigenvalue weighted by Gasteiger charge is -2.29. The Kier molecular flexibility index (Phi) is 5.81. The number of nitrogens with zero attached hydrogens (tertiary/aromatic N) is 2. The highest BCUT2D eigenvalue weighted by atomic mass is 16.5. The van der Waals surface area contributed by atoms with Gasteiger partial charge in [-0.2, -0.15) is 0 Å². The van der Waals surface area contributed by atoms with Gasteiger partial charge in [0.25, 0.3) is 0 Å². The van der Waals surface area contributed by atoms with Crippen molar-refractivity contribution in [2.75, 3.05) is 20.2 Å². The summed E-state index contributed by atoms with van der Waals surface area (Å²) >= 11 is 0. The largest absolute Gasteiger partial charge is 0.493 e. The van der Waals surface area contributed by atoms with E-state index >= 15 is 0 Å². The number of aromatic amines is 1. The fourth-order valence-corrected chi connectivity index (χ4v) is 4.60. The lowest BCUT2D eigenvalue weighted by atomic mass is 9.93. The highest BCUT2D eigenvalue weighted by molar-refractivity contribution is 5.88. The number of piperidine rings is 1. The number of rotatable bonds is 6. The molecule has 0 bridgehead atoms. The SMILES string of the molecule is COc1cc2c(Oc3ccc4[nH]c(C)c(C)c4c3)ncnc2cc1OC(C)C1CCNCC1. The molecule has 4 aromatic rings. The molecule has 0 aliphatic carbocycles. The normalized spacial score (nSPS) is 15.6. The predicted octanol–water partition coefficient (Wildman–Crippen LogP) is 5.30. The maximum absolute atomic E-state index is 6.35. The van der Waals surface area contributed by atoms with Crippen molar-refractivity contribution >= 4 is 21.8 Å². The van der Waals surface area contributed by atoms with Crippen molar-refractivity contribution in [3.8, 4) is 23.1 Å². The maximum Gasteiger partial charge on any atom is 0.230 e. The number of benzene rings is 2. The van der Waals surface area contributed by atoms with Crippen molar-refractivity contribution in [3.05, 3.63) is 47.9 Å². The second-order valence-corrected chi connectivity index (χ2v) is 8.79. The average Bonchev–Trinajstić information content (AvgIpc) is 3.12. The van der Waals surface area contributed by atoms with Crippen molar-refractivity contribution in [1.82, 2.24) is 20.3 Å². The number of hydrogen-bond acceptors (Lipinski definition) is 6. The fourth-order valence-electron chi connectivity index (χ4n) is 4.60. The van der Waals surface area contributed by atoms with E-state index in [0.717, 1.165) is 59.2 Å². The predicted molar refractivity (Wildman–Crippen MR) is 130 cm³/mol. The van der Waals surface area contributed by atoms with Crippen molar-refractivity contribution in [2.24, 2.45) is 5.92 Å². The Morgan fingerprint density at radius 1 is 1.00 bits per heavy atom. The standard InChI is InChI=1S/C26H30N4O3/c1-15-16(2)30-22-6-5-19(11-20(15)22)33-26-21-12-24(31-4)25(13-23(21)28-14-29-26)32-17(3)18-7-9-27-10-8-18/h5-6,11-14,17-18,27,30H,7-10H2,1-4H3. The first-order chi connectivity index (χ1) is 16.0. The summed E-state index contributed by atoms with van der Waals surface area (Å²) in [6, 6.07) is 9.84. The first-order valence-corrected chi connectivity index (χ1v) is 11.5. The van der Waals surface area contributed by atoms with Gasteiger partial charge in [-0.1, -0.05) is 0 Å². The summed E-state index contributed by atoms with van der Waals surface area (Å²) in [5, 5.41) is 5.33. The summed E-state index contributed by atoms with van der Waals surface area (Å²) in [5.41, 5.74) is 4.22. The Labute approximate surface area is 193 Å². The summed E-state index contributed by atoms with van der Waals surface area (Å²) < 4.78 is 18.2. The molecular weight excluding hydrogens is 416 g/mol. The molecule has 2 N–H and O–H groups in total. The second kappa shape index (κ2) is 8.90. The van der Waals surface area contributed by atoms with E-state index in [2.05, 4.69) is 41.0 Å². The number of nitrogens with one attached hydrogen (secondary N) is 2. The van der Waals surface area contributed by atoms with Crippen LogP contribution in [-0.2, 0) is 0 Å². The Hall–Kier alpha value is -3.32. The summed E-state index contributed by atoms with van der Waals surface area (Å²) in [7, 11) is 1.65. The van der Waals surface area contributed by atoms with Gasteiger partial charge >= 0.3 is 0 Å². The maximum atomic E-state index is 6.35. The van der Waals surface area contributed by atoms with Crippen LogP contribution in [0.1, 0.15) is 31.0 Å². The zero-order valence-electron chi connectivity index (χ0n) is 19.6. The quantitative estimate of drug-likeness (QED) is 0.419. The van der Waals surface area contributed by atoms with Crippen LogP contribution >= 0.6 is 0 Å². The molecule has 0 saturated carbocycles. The van der Waals surface area contributed by atoms with Crippen LogP contribution in [0.5, 0.6) is 23.1 Å². The van der Waals surface area contributed by atoms with Crippen LogP contribution in [0.25, 0.3) is 21.8 Å². The number of ether oxygens (including phenoxy) is 3. The van der Waals surface area contributed by atoms with E-state index in [4.69, 9.17) is 14.2 Å². The number of methoxy groups -OCH3 is 1. The Bertz CT molecular complexity index is 1290. The molecule has 0 spiro atoms. The van der Waals surface area contributed by atoms with Gasteiger partial charge in [-0.25, -0.2) is 9.97 Å². The molecule has 7 nitrogen and oxygen atoms in total. The van der Waals surface area contributed by atoms with Crippen LogP contribution in [0.4, 0.5) is 0 Å². The van der Waals surface area contributed by atoms with Crippen molar-refractivity contribution in [1.29, 1.82) is 0 Å². The van der Waals surface area contributed by atoms with Crippen LogP contribution in [0.15, 0.2) is 36.7 Å². The van der Waals surface area contributed by atoms with E-state index in [9.17, 15) is 0 Å². The van der Waals surface area contributed by atoms with Crippen molar-refractivity contribution < 1.29 is 14.2 Å². The van der Waals surface area contributed by atoms with Crippen molar-refractivity contribution in [3.63, 3.8) is 0 Å². The fraction of sp³-hybridized carbons (Fsp3) is 0.385. The molecular formula is C26H30N4O3. The number of aromatic nitrogens is 3. The topological polar surface area (TPSA) is 81.3 Å². The van der Waals surface area contributed by atoms with Crippen LogP contribution in [0.2, 0.25) is 0 Å². The van der Waals surface area contributed by atoms with Gasteiger partial charge in [0.15, 0.2) is 11.5 Å². The molecule has 1 aliphatic heterocycles. The molecule has 1 unspecified atom stereocenters. The van der Waals surface area contributed by atoms with Gasteiger partial charge in [0.2, 0.25) is 5.88 Å². The lowest BCUT2D eigenvalue weighted by molar-refractivity contribution is 0.124. The molecule has 172 valence electrons. The Morgan fingerprint density at radius 3 is 2.61 bits per heavy atom. The highest BCUT2D eigenvalue weighted by Gasteiger charge is 2.23. The van der Waals surface area contributed by atoms with Gasteiger partial charge in [-0.05, 0) is 82.4 Å². The number of H-pyrrole nitrogens is 1. The minimum absolute atomic E-state index is 0.0933. The third-order valence-electron chi connectivity index (χ3n) is 6.74. The Morgan fingerprint density at radius 2 is 1.82 bits per heavy atom. The first kappa shape index (κ1) is 21.5. The van der Waals surface area contributed by atoms with E-state index in [1.165, 1.54) is 11.9 Å². The molecule has 1 saturated heterocycles. The molecule has 0 radical (unpaired) electrons. The molecule has 1 atom stereocenters. The molecule has 33 heavy (non-hydrogen) atoms. The molecule has 3 heterocycles. The summed E-state index contributed by atoms with van der Waals surface area (Å²) in [6.07, 6.45) is 3.84. The molecule has 1 aliphatic rings. The molecule has 2 aromatic heterocycles. The number of hydrogen-bond donors (Lipinski definition) is 2. The van der Waals surface area contributed by atoms with Crippen LogP contribution in [0, 0.1) is 19.8 Å². The van der Waals surface area contributed by atoms with Crippen LogP contribution in [0.3, 0.4) is 0 Å². The summed E-state index contributed by atoms with van der Waals surface area (Å²) in [5.74, 6) is 3.08. The van der Waals surface area contributed by atoms with Crippen LogP contribution in [-0.4, -0.2) is 41.3 Å². The minimum atomic E-state index is 0.0933. The van der Waals surface area contributed by atoms with Gasteiger partial charge in [0.1, 0.15) is 12.1 Å². The summed E-state index contributed by atoms with van der Waals surface area (Å²) in [6.45, 7) is 8.39. The smallest absolute Gasteiger partial charge is 0.230 e. The highest BCUT2D eigenvalue weighted by Crippen LogP contribution is 2.38. The van der Waals surface area contributed by atoms with Gasteiger partial charge < -0.3 is 24.5 Å². The minimum Gasteiger partial charge on any atom is -0.493 e. The van der Waals surface area contributed by atoms with Crippen LogP contribution < -0.4 is 19.5 Å². The lowest BCUT2D eigenvalue weighted by Crippen LogP contribution is -2.35. The molecule has 5 rings (SSSR count). The van der Waals surface area contributed by atoms with E-state index in [0.29, 0.717) is 23.3 Å². The zero-order chi connectivity index (χ0) is 22.9. The third kappa shape index (κ3) is 4.20. The van der Waals surface area contributed by atoms with Gasteiger partial charge in [0, 0.05) is 22.7 Å². The van der Waals surface area contributed by atoms with E-state index in [-0.39, 0.29) is 6.10 Å². The van der Waals surface area contributed by atoms with Gasteiger partial charge in [-0.3, -0.25) is 0 Å². The Balaban J connectivity index is 1.46. The molecule has 0 amide bonds. The molecule has 2 aromatic carbocycles. The van der Waals surface area contributed by atoms with E-state index in [1.54, 1.807) is 7.11 Å². The van der Waals surface area contributed by atoms with E-state index in [1.807, 2.05) is 30.3 Å². The second-order valence-electron chi connectivity index (χ2n) is 8.79. The van der Waals surface area contributed by atoms with Gasteiger partial charge in [-0.15, -0.1) is 0 Å². The average molecular weight is 447 g/mol. The third-order valence-corrected chi connectivity index (χ3v) is 6.74. The van der Waals surface area contributed by atoms with Crippen molar-refractivity contribution in [2.45, 2.75) is 39.7 Å². The first-order valence-electron chi connectivity index (χ1n) is 11.5. The molecule has 7 heteroatoms. The molecule has 1 fully saturated rings. The number of aryl methyl sites for hydroxylation is 2. The monoisotopic (exact) mass is 446 g/mol. The zero-order valence-corrected chi connectivity index (χ0v) is 19.6. The summed E-state index contributed by atoms with van der Waals surface area (Å²) in [4.78, 5) is 12.3. The van der Waals surface area contributed by atoms with Gasteiger partial charge in [0.05, 0.1) is 24.1 Å². The van der Waals surface area contributed by atoms with E-state index < -0.39 is 0 Å². The number of fused-ring (bicyclic) bond motifs is 2.